The third-order valence-corrected chi connectivity index (χ3v) is 6.03. The van der Waals surface area contributed by atoms with Crippen LogP contribution in [0.3, 0.4) is 0 Å². The predicted molar refractivity (Wildman–Crippen MR) is 102 cm³/mol. The van der Waals surface area contributed by atoms with Crippen LogP contribution in [0.15, 0.2) is 18.5 Å². The van der Waals surface area contributed by atoms with Crippen molar-refractivity contribution in [3.63, 3.8) is 0 Å². The number of aromatic nitrogens is 2. The molecule has 0 unspecified atom stereocenters. The van der Waals surface area contributed by atoms with Crippen LogP contribution in [0.1, 0.15) is 19.3 Å². The van der Waals surface area contributed by atoms with Crippen LogP contribution >= 0.6 is 11.6 Å². The van der Waals surface area contributed by atoms with Gasteiger partial charge in [0.15, 0.2) is 0 Å². The summed E-state index contributed by atoms with van der Waals surface area (Å²) in [4.78, 5) is 11.1. The Kier molecular flexibility index (Phi) is 5.34. The fourth-order valence-corrected chi connectivity index (χ4v) is 4.30. The third kappa shape index (κ3) is 4.33. The van der Waals surface area contributed by atoms with Crippen LogP contribution in [0, 0.1) is 10.7 Å². The number of fused-ring (bicyclic) bond motifs is 1. The zero-order chi connectivity index (χ0) is 18.0. The highest BCUT2D eigenvalue weighted by molar-refractivity contribution is 7.91. The molecule has 6 nitrogen and oxygen atoms in total. The molecule has 0 spiro atoms. The van der Waals surface area contributed by atoms with Crippen LogP contribution in [0.5, 0.6) is 5.75 Å². The fourth-order valence-electron chi connectivity index (χ4n) is 3.28. The van der Waals surface area contributed by atoms with E-state index in [9.17, 15) is 4.21 Å². The van der Waals surface area contributed by atoms with Crippen LogP contribution in [0.2, 0.25) is 5.02 Å². The van der Waals surface area contributed by atoms with Crippen molar-refractivity contribution in [2.75, 3.05) is 37.1 Å². The minimum Gasteiger partial charge on any atom is -0.495 e. The molecule has 136 valence electrons. The molecular weight excluding hydrogens is 360 g/mol. The molecule has 1 aliphatic heterocycles. The number of anilines is 1. The number of nitrogens with zero attached hydrogens (tertiary/aromatic N) is 3. The summed E-state index contributed by atoms with van der Waals surface area (Å²) in [6.07, 6.45) is 5.99. The average Bonchev–Trinajstić information content (AvgIpc) is 2.59. The number of hydrogen-bond acceptors (Lipinski definition) is 6. The Labute approximate surface area is 153 Å². The summed E-state index contributed by atoms with van der Waals surface area (Å²) in [6, 6.07) is 3.70. The predicted octanol–water partition coefficient (Wildman–Crippen LogP) is 3.57. The van der Waals surface area contributed by atoms with Crippen molar-refractivity contribution < 1.29 is 8.95 Å². The fraction of sp³-hybridized carbons (Fsp3) is 0.529. The largest absolute Gasteiger partial charge is 0.495 e. The first-order valence-corrected chi connectivity index (χ1v) is 10.8. The van der Waals surface area contributed by atoms with Crippen LogP contribution in [-0.2, 0) is 9.73 Å². The summed E-state index contributed by atoms with van der Waals surface area (Å²) >= 11 is 6.28. The molecule has 1 aromatic heterocycles. The van der Waals surface area contributed by atoms with Gasteiger partial charge in [-0.25, -0.2) is 9.97 Å². The number of methoxy groups -OCH3 is 1. The van der Waals surface area contributed by atoms with Gasteiger partial charge >= 0.3 is 0 Å². The Balaban J connectivity index is 1.76. The molecule has 8 heteroatoms. The lowest BCUT2D eigenvalue weighted by atomic mass is 9.94. The van der Waals surface area contributed by atoms with Crippen molar-refractivity contribution in [3.05, 3.63) is 23.5 Å². The Morgan fingerprint density at radius 3 is 2.72 bits per heavy atom. The van der Waals surface area contributed by atoms with E-state index in [0.29, 0.717) is 22.4 Å². The highest BCUT2D eigenvalue weighted by atomic mass is 35.5. The number of hydrogen-bond donors (Lipinski definition) is 1. The maximum Gasteiger partial charge on any atom is 0.139 e. The van der Waals surface area contributed by atoms with Gasteiger partial charge in [0, 0.05) is 46.3 Å². The van der Waals surface area contributed by atoms with Crippen molar-refractivity contribution in [2.45, 2.75) is 19.3 Å². The van der Waals surface area contributed by atoms with Crippen molar-refractivity contribution in [1.29, 1.82) is 4.78 Å². The summed E-state index contributed by atoms with van der Waals surface area (Å²) in [5.41, 5.74) is 0.813. The standard InChI is InChI=1S/C17H23ClN4O2S/c1-24-16-10-15-13(9-14(16)18)17(21-11-20-15)22-6-3-12(4-7-22)5-8-25(2,19)23/h9-12,19H,3-8H2,1-2H3/t25-/m1/s1. The topological polar surface area (TPSA) is 79.2 Å². The molecule has 1 fully saturated rings. The lowest BCUT2D eigenvalue weighted by Gasteiger charge is -2.33. The quantitative estimate of drug-likeness (QED) is 0.854. The number of ether oxygens (including phenoxy) is 1. The average molecular weight is 383 g/mol. The van der Waals surface area contributed by atoms with Gasteiger partial charge in [0.25, 0.3) is 0 Å². The van der Waals surface area contributed by atoms with E-state index < -0.39 is 9.73 Å². The van der Waals surface area contributed by atoms with Crippen LogP contribution in [0.25, 0.3) is 10.9 Å². The van der Waals surface area contributed by atoms with Gasteiger partial charge < -0.3 is 9.64 Å². The van der Waals surface area contributed by atoms with E-state index in [-0.39, 0.29) is 0 Å². The summed E-state index contributed by atoms with van der Waals surface area (Å²) < 4.78 is 24.4. The van der Waals surface area contributed by atoms with Crippen LogP contribution in [-0.4, -0.2) is 46.4 Å². The molecule has 0 radical (unpaired) electrons. The van der Waals surface area contributed by atoms with Crippen molar-refractivity contribution >= 4 is 38.1 Å². The highest BCUT2D eigenvalue weighted by Crippen LogP contribution is 2.34. The lowest BCUT2D eigenvalue weighted by molar-refractivity contribution is 0.395. The van der Waals surface area contributed by atoms with Crippen LogP contribution in [0.4, 0.5) is 5.82 Å². The molecule has 1 saturated heterocycles. The molecule has 1 aliphatic rings. The number of rotatable bonds is 5. The van der Waals surface area contributed by atoms with E-state index in [4.69, 9.17) is 21.1 Å². The molecule has 3 rings (SSSR count). The molecular formula is C17H23ClN4O2S. The third-order valence-electron chi connectivity index (χ3n) is 4.72. The Morgan fingerprint density at radius 1 is 1.36 bits per heavy atom. The zero-order valence-corrected chi connectivity index (χ0v) is 16.1. The van der Waals surface area contributed by atoms with Gasteiger partial charge in [0.05, 0.1) is 17.6 Å². The number of nitrogens with one attached hydrogen (secondary N) is 1. The van der Waals surface area contributed by atoms with E-state index >= 15 is 0 Å². The van der Waals surface area contributed by atoms with E-state index in [1.165, 1.54) is 6.26 Å². The van der Waals surface area contributed by atoms with Gasteiger partial charge in [-0.3, -0.25) is 8.99 Å². The van der Waals surface area contributed by atoms with E-state index in [1.54, 1.807) is 13.4 Å². The maximum atomic E-state index is 11.6. The van der Waals surface area contributed by atoms with Gasteiger partial charge in [-0.15, -0.1) is 0 Å². The van der Waals surface area contributed by atoms with Gasteiger partial charge in [-0.1, -0.05) is 11.6 Å². The minimum absolute atomic E-state index is 0.490. The number of benzene rings is 1. The number of piperidine rings is 1. The normalized spacial score (nSPS) is 18.3. The summed E-state index contributed by atoms with van der Waals surface area (Å²) in [6.45, 7) is 1.78. The van der Waals surface area contributed by atoms with E-state index in [1.807, 2.05) is 12.1 Å². The van der Waals surface area contributed by atoms with E-state index in [2.05, 4.69) is 14.9 Å². The van der Waals surface area contributed by atoms with Crippen molar-refractivity contribution in [2.24, 2.45) is 5.92 Å². The second-order valence-corrected chi connectivity index (χ2v) is 9.45. The van der Waals surface area contributed by atoms with Gasteiger partial charge in [0.1, 0.15) is 17.9 Å². The SMILES string of the molecule is COc1cc2ncnc(N3CCC(CC[S@](C)(=N)=O)CC3)c2cc1Cl. The molecule has 2 heterocycles. The second-order valence-electron chi connectivity index (χ2n) is 6.63. The molecule has 1 atom stereocenters. The molecule has 0 aliphatic carbocycles. The summed E-state index contributed by atoms with van der Waals surface area (Å²) in [5, 5.41) is 1.48. The molecule has 1 N–H and O–H groups in total. The zero-order valence-electron chi connectivity index (χ0n) is 14.5. The van der Waals surface area contributed by atoms with Crippen molar-refractivity contribution in [1.82, 2.24) is 9.97 Å². The molecule has 0 saturated carbocycles. The number of halogens is 1. The van der Waals surface area contributed by atoms with Gasteiger partial charge in [-0.2, -0.15) is 0 Å². The first-order chi connectivity index (χ1) is 11.9. The first-order valence-electron chi connectivity index (χ1n) is 8.32. The van der Waals surface area contributed by atoms with Crippen LogP contribution < -0.4 is 9.64 Å². The minimum atomic E-state index is -2.39. The Hall–Kier alpha value is -1.60. The van der Waals surface area contributed by atoms with Gasteiger partial charge in [0.2, 0.25) is 0 Å². The molecule has 2 aromatic rings. The summed E-state index contributed by atoms with van der Waals surface area (Å²) in [7, 11) is -0.801. The lowest BCUT2D eigenvalue weighted by Crippen LogP contribution is -2.34. The first kappa shape index (κ1) is 18.2. The highest BCUT2D eigenvalue weighted by Gasteiger charge is 2.22. The molecule has 0 bridgehead atoms. The second kappa shape index (κ2) is 7.33. The molecule has 25 heavy (non-hydrogen) atoms. The molecule has 1 aromatic carbocycles. The Morgan fingerprint density at radius 2 is 2.08 bits per heavy atom. The summed E-state index contributed by atoms with van der Waals surface area (Å²) in [5.74, 6) is 2.52. The van der Waals surface area contributed by atoms with Gasteiger partial charge in [-0.05, 0) is 31.2 Å². The maximum absolute atomic E-state index is 11.6. The smallest absolute Gasteiger partial charge is 0.139 e. The Bertz CT molecular complexity index is 864. The molecule has 0 amide bonds. The van der Waals surface area contributed by atoms with E-state index in [0.717, 1.165) is 49.1 Å². The monoisotopic (exact) mass is 382 g/mol. The van der Waals surface area contributed by atoms with Crippen molar-refractivity contribution in [3.8, 4) is 5.75 Å².